The van der Waals surface area contributed by atoms with Crippen molar-refractivity contribution in [1.82, 2.24) is 0 Å². The van der Waals surface area contributed by atoms with Gasteiger partial charge in [-0.25, -0.2) is 4.79 Å². The van der Waals surface area contributed by atoms with E-state index in [1.165, 1.54) is 7.11 Å². The molecule has 15 heavy (non-hydrogen) atoms. The molecule has 0 spiro atoms. The van der Waals surface area contributed by atoms with E-state index in [0.717, 1.165) is 18.4 Å². The van der Waals surface area contributed by atoms with Crippen molar-refractivity contribution < 1.29 is 14.6 Å². The number of hydrogen-bond acceptors (Lipinski definition) is 4. The van der Waals surface area contributed by atoms with Gasteiger partial charge in [-0.1, -0.05) is 0 Å². The summed E-state index contributed by atoms with van der Waals surface area (Å²) < 4.78 is 4.57. The average molecular weight is 207 g/mol. The summed E-state index contributed by atoms with van der Waals surface area (Å²) >= 11 is 0. The molecule has 1 aliphatic carbocycles. The van der Waals surface area contributed by atoms with Crippen molar-refractivity contribution in [2.45, 2.75) is 18.8 Å². The molecular formula is C11H13NO3. The fourth-order valence-corrected chi connectivity index (χ4v) is 1.60. The minimum Gasteiger partial charge on any atom is -0.505 e. The summed E-state index contributed by atoms with van der Waals surface area (Å²) in [5, 5.41) is 9.60. The first-order chi connectivity index (χ1) is 7.13. The van der Waals surface area contributed by atoms with Crippen molar-refractivity contribution in [3.8, 4) is 5.75 Å². The van der Waals surface area contributed by atoms with E-state index in [-0.39, 0.29) is 17.0 Å². The molecule has 0 saturated heterocycles. The maximum absolute atomic E-state index is 11.3. The number of hydrogen-bond donors (Lipinski definition) is 2. The second kappa shape index (κ2) is 3.46. The molecule has 1 aliphatic rings. The highest BCUT2D eigenvalue weighted by molar-refractivity contribution is 5.94. The lowest BCUT2D eigenvalue weighted by atomic mass is 10.0. The predicted molar refractivity (Wildman–Crippen MR) is 55.8 cm³/mol. The molecule has 0 unspecified atom stereocenters. The van der Waals surface area contributed by atoms with Crippen LogP contribution in [-0.2, 0) is 4.74 Å². The lowest BCUT2D eigenvalue weighted by Crippen LogP contribution is -2.04. The summed E-state index contributed by atoms with van der Waals surface area (Å²) in [4.78, 5) is 11.3. The molecule has 1 aromatic rings. The smallest absolute Gasteiger partial charge is 0.341 e. The summed E-state index contributed by atoms with van der Waals surface area (Å²) in [6.07, 6.45) is 2.23. The van der Waals surface area contributed by atoms with Crippen LogP contribution in [0, 0.1) is 0 Å². The number of carbonyl (C=O) groups excluding carboxylic acids is 1. The van der Waals surface area contributed by atoms with Gasteiger partial charge < -0.3 is 15.6 Å². The number of methoxy groups -OCH3 is 1. The number of phenolic OH excluding ortho intramolecular Hbond substituents is 1. The largest absolute Gasteiger partial charge is 0.505 e. The van der Waals surface area contributed by atoms with Crippen molar-refractivity contribution in [2.75, 3.05) is 12.8 Å². The molecule has 1 saturated carbocycles. The topological polar surface area (TPSA) is 72.5 Å². The van der Waals surface area contributed by atoms with Gasteiger partial charge in [0.1, 0.15) is 5.56 Å². The van der Waals surface area contributed by atoms with Crippen LogP contribution < -0.4 is 5.73 Å². The van der Waals surface area contributed by atoms with Gasteiger partial charge >= 0.3 is 5.97 Å². The van der Waals surface area contributed by atoms with Crippen LogP contribution in [0.1, 0.15) is 34.7 Å². The number of phenols is 1. The van der Waals surface area contributed by atoms with Gasteiger partial charge in [-0.3, -0.25) is 0 Å². The average Bonchev–Trinajstić information content (AvgIpc) is 3.04. The Balaban J connectivity index is 2.46. The van der Waals surface area contributed by atoms with Gasteiger partial charge in [-0.2, -0.15) is 0 Å². The molecule has 1 aromatic carbocycles. The number of benzene rings is 1. The molecule has 4 heteroatoms. The number of carbonyl (C=O) groups is 1. The van der Waals surface area contributed by atoms with Gasteiger partial charge in [0.15, 0.2) is 5.75 Å². The standard InChI is InChI=1S/C11H13NO3/c1-15-11(14)8-4-7(6-2-3-6)5-9(12)10(8)13/h4-6,13H,2-3,12H2,1H3. The van der Waals surface area contributed by atoms with Crippen molar-refractivity contribution in [3.05, 3.63) is 23.3 Å². The quantitative estimate of drug-likeness (QED) is 0.439. The van der Waals surface area contributed by atoms with Crippen LogP contribution in [0.2, 0.25) is 0 Å². The molecule has 4 nitrogen and oxygen atoms in total. The molecule has 3 N–H and O–H groups in total. The summed E-state index contributed by atoms with van der Waals surface area (Å²) in [7, 11) is 1.28. The van der Waals surface area contributed by atoms with E-state index in [4.69, 9.17) is 5.73 Å². The third-order valence-corrected chi connectivity index (χ3v) is 2.62. The molecule has 0 radical (unpaired) electrons. The van der Waals surface area contributed by atoms with E-state index in [0.29, 0.717) is 5.92 Å². The summed E-state index contributed by atoms with van der Waals surface area (Å²) in [6, 6.07) is 3.38. The third kappa shape index (κ3) is 1.75. The van der Waals surface area contributed by atoms with E-state index < -0.39 is 5.97 Å². The molecule has 0 atom stereocenters. The summed E-state index contributed by atoms with van der Waals surface area (Å²) in [5.41, 5.74) is 7.02. The molecule has 80 valence electrons. The van der Waals surface area contributed by atoms with Gasteiger partial charge in [0.05, 0.1) is 12.8 Å². The molecule has 0 heterocycles. The summed E-state index contributed by atoms with van der Waals surface area (Å²) in [6.45, 7) is 0. The first-order valence-corrected chi connectivity index (χ1v) is 4.84. The predicted octanol–water partition coefficient (Wildman–Crippen LogP) is 1.64. The highest BCUT2D eigenvalue weighted by atomic mass is 16.5. The van der Waals surface area contributed by atoms with Crippen LogP contribution in [0.15, 0.2) is 12.1 Å². The molecular weight excluding hydrogens is 194 g/mol. The summed E-state index contributed by atoms with van der Waals surface area (Å²) in [5.74, 6) is -0.260. The molecule has 0 amide bonds. The Morgan fingerprint density at radius 3 is 2.73 bits per heavy atom. The van der Waals surface area contributed by atoms with Crippen LogP contribution in [0.4, 0.5) is 5.69 Å². The number of nitrogens with two attached hydrogens (primary N) is 1. The van der Waals surface area contributed by atoms with E-state index in [1.807, 2.05) is 0 Å². The van der Waals surface area contributed by atoms with Crippen LogP contribution in [-0.4, -0.2) is 18.2 Å². The zero-order valence-electron chi connectivity index (χ0n) is 8.49. The number of ether oxygens (including phenoxy) is 1. The first-order valence-electron chi connectivity index (χ1n) is 4.84. The normalized spacial score (nSPS) is 15.0. The number of nitrogen functional groups attached to an aromatic ring is 1. The van der Waals surface area contributed by atoms with Gasteiger partial charge in [0.2, 0.25) is 0 Å². The number of anilines is 1. The van der Waals surface area contributed by atoms with Crippen molar-refractivity contribution in [3.63, 3.8) is 0 Å². The highest BCUT2D eigenvalue weighted by Crippen LogP contribution is 2.42. The van der Waals surface area contributed by atoms with E-state index >= 15 is 0 Å². The lowest BCUT2D eigenvalue weighted by molar-refractivity contribution is 0.0597. The Kier molecular flexibility index (Phi) is 2.26. The SMILES string of the molecule is COC(=O)c1cc(C2CC2)cc(N)c1O. The minimum atomic E-state index is -0.554. The minimum absolute atomic E-state index is 0.152. The fourth-order valence-electron chi connectivity index (χ4n) is 1.60. The van der Waals surface area contributed by atoms with E-state index in [9.17, 15) is 9.90 Å². The zero-order chi connectivity index (χ0) is 11.0. The first kappa shape index (κ1) is 9.83. The van der Waals surface area contributed by atoms with Gasteiger partial charge in [0.25, 0.3) is 0 Å². The number of aromatic hydroxyl groups is 1. The monoisotopic (exact) mass is 207 g/mol. The van der Waals surface area contributed by atoms with E-state index in [2.05, 4.69) is 4.74 Å². The highest BCUT2D eigenvalue weighted by Gasteiger charge is 2.26. The van der Waals surface area contributed by atoms with Crippen LogP contribution in [0.25, 0.3) is 0 Å². The second-order valence-electron chi connectivity index (χ2n) is 3.77. The maximum atomic E-state index is 11.3. The Bertz CT molecular complexity index is 411. The van der Waals surface area contributed by atoms with Crippen LogP contribution in [0.5, 0.6) is 5.75 Å². The Hall–Kier alpha value is -1.71. The van der Waals surface area contributed by atoms with E-state index in [1.54, 1.807) is 12.1 Å². The molecule has 0 bridgehead atoms. The molecule has 0 aromatic heterocycles. The number of esters is 1. The molecule has 2 rings (SSSR count). The maximum Gasteiger partial charge on any atom is 0.341 e. The third-order valence-electron chi connectivity index (χ3n) is 2.62. The van der Waals surface area contributed by atoms with Crippen LogP contribution in [0.3, 0.4) is 0 Å². The van der Waals surface area contributed by atoms with Crippen molar-refractivity contribution in [1.29, 1.82) is 0 Å². The van der Waals surface area contributed by atoms with Crippen LogP contribution >= 0.6 is 0 Å². The zero-order valence-corrected chi connectivity index (χ0v) is 8.49. The van der Waals surface area contributed by atoms with Crippen molar-refractivity contribution >= 4 is 11.7 Å². The number of rotatable bonds is 2. The molecule has 0 aliphatic heterocycles. The second-order valence-corrected chi connectivity index (χ2v) is 3.77. The fraction of sp³-hybridized carbons (Fsp3) is 0.364. The Morgan fingerprint density at radius 2 is 2.20 bits per heavy atom. The lowest BCUT2D eigenvalue weighted by Gasteiger charge is -2.08. The Morgan fingerprint density at radius 1 is 1.53 bits per heavy atom. The Labute approximate surface area is 87.7 Å². The molecule has 1 fully saturated rings. The van der Waals surface area contributed by atoms with Crippen molar-refractivity contribution in [2.24, 2.45) is 0 Å². The van der Waals surface area contributed by atoms with Gasteiger partial charge in [-0.05, 0) is 36.5 Å². The van der Waals surface area contributed by atoms with Gasteiger partial charge in [-0.15, -0.1) is 0 Å². The van der Waals surface area contributed by atoms with Gasteiger partial charge in [0, 0.05) is 0 Å².